The molecule has 182 valence electrons. The van der Waals surface area contributed by atoms with Gasteiger partial charge in [-0.1, -0.05) is 41.9 Å². The summed E-state index contributed by atoms with van der Waals surface area (Å²) in [5.74, 6) is -0.610. The van der Waals surface area contributed by atoms with E-state index in [1.807, 2.05) is 24.3 Å². The summed E-state index contributed by atoms with van der Waals surface area (Å²) in [5.41, 5.74) is 2.72. The number of carbonyl (C=O) groups excluding carboxylic acids is 2. The molecule has 36 heavy (non-hydrogen) atoms. The molecule has 0 bridgehead atoms. The number of non-ortho nitro benzene ring substituents is 1. The Labute approximate surface area is 214 Å². The van der Waals surface area contributed by atoms with Crippen LogP contribution in [-0.2, 0) is 4.79 Å². The number of amides is 1. The van der Waals surface area contributed by atoms with Crippen LogP contribution >= 0.6 is 22.9 Å². The zero-order chi connectivity index (χ0) is 25.7. The molecule has 11 heteroatoms. The van der Waals surface area contributed by atoms with E-state index >= 15 is 0 Å². The summed E-state index contributed by atoms with van der Waals surface area (Å²) in [7, 11) is 0. The summed E-state index contributed by atoms with van der Waals surface area (Å²) in [4.78, 5) is 35.6. The normalized spacial score (nSPS) is 11.8. The number of hydrogen-bond acceptors (Lipinski definition) is 8. The third-order valence-electron chi connectivity index (χ3n) is 4.95. The topological polar surface area (TPSA) is 120 Å². The average Bonchev–Trinajstić information content (AvgIpc) is 3.22. The number of nitrogens with one attached hydrogen (secondary N) is 1. The number of para-hydroxylation sites is 1. The number of nitro groups is 1. The van der Waals surface area contributed by atoms with Gasteiger partial charge in [-0.05, 0) is 37.3 Å². The number of ether oxygens (including phenoxy) is 2. The van der Waals surface area contributed by atoms with Crippen LogP contribution in [0.5, 0.6) is 11.5 Å². The highest BCUT2D eigenvalue weighted by molar-refractivity contribution is 7.21. The second-order valence-electron chi connectivity index (χ2n) is 7.41. The SMILES string of the molecule is C[C@H](Oc1ccc([N+](=O)[O-])cc1)C(=O)N/N=C\c1ccccc1OC(=O)c1sc2ccccc2c1Cl. The standard InChI is InChI=1S/C25H18ClN3O6S/c1-15(34-18-12-10-17(11-13-18)29(32)33)24(30)28-27-14-16-6-2-4-8-20(16)35-25(31)23-22(26)19-7-3-5-9-21(19)36-23/h2-15H,1H3,(H,28,30)/b27-14-/t15-/m0/s1. The molecule has 4 rings (SSSR count). The van der Waals surface area contributed by atoms with Gasteiger partial charge in [-0.2, -0.15) is 5.10 Å². The Bertz CT molecular complexity index is 1470. The van der Waals surface area contributed by atoms with Crippen molar-refractivity contribution >= 4 is 56.8 Å². The molecule has 0 aliphatic carbocycles. The molecule has 9 nitrogen and oxygen atoms in total. The minimum absolute atomic E-state index is 0.0851. The largest absolute Gasteiger partial charge is 0.481 e. The van der Waals surface area contributed by atoms with Crippen LogP contribution in [0.15, 0.2) is 77.9 Å². The van der Waals surface area contributed by atoms with Crippen LogP contribution in [0.1, 0.15) is 22.2 Å². The quantitative estimate of drug-likeness (QED) is 0.105. The molecule has 0 unspecified atom stereocenters. The lowest BCUT2D eigenvalue weighted by molar-refractivity contribution is -0.384. The molecule has 4 aromatic rings. The molecule has 1 aromatic heterocycles. The van der Waals surface area contributed by atoms with Gasteiger partial charge in [-0.3, -0.25) is 14.9 Å². The minimum Gasteiger partial charge on any atom is -0.481 e. The van der Waals surface area contributed by atoms with Crippen molar-refractivity contribution in [3.8, 4) is 11.5 Å². The van der Waals surface area contributed by atoms with Gasteiger partial charge in [-0.15, -0.1) is 11.3 Å². The Morgan fingerprint density at radius 2 is 1.78 bits per heavy atom. The van der Waals surface area contributed by atoms with Crippen molar-refractivity contribution in [2.24, 2.45) is 5.10 Å². The molecule has 1 N–H and O–H groups in total. The summed E-state index contributed by atoms with van der Waals surface area (Å²) in [6.45, 7) is 1.51. The first-order chi connectivity index (χ1) is 17.3. The smallest absolute Gasteiger partial charge is 0.355 e. The summed E-state index contributed by atoms with van der Waals surface area (Å²) >= 11 is 7.62. The van der Waals surface area contributed by atoms with E-state index < -0.39 is 22.9 Å². The van der Waals surface area contributed by atoms with Crippen molar-refractivity contribution < 1.29 is 24.0 Å². The fraction of sp³-hybridized carbons (Fsp3) is 0.0800. The highest BCUT2D eigenvalue weighted by atomic mass is 35.5. The maximum absolute atomic E-state index is 12.8. The van der Waals surface area contributed by atoms with Crippen LogP contribution in [-0.4, -0.2) is 29.1 Å². The zero-order valence-electron chi connectivity index (χ0n) is 18.7. The fourth-order valence-corrected chi connectivity index (χ4v) is 4.52. The van der Waals surface area contributed by atoms with E-state index in [2.05, 4.69) is 10.5 Å². The van der Waals surface area contributed by atoms with Crippen molar-refractivity contribution in [1.29, 1.82) is 0 Å². The third kappa shape index (κ3) is 5.68. The van der Waals surface area contributed by atoms with E-state index in [1.165, 1.54) is 48.7 Å². The Morgan fingerprint density at radius 3 is 2.50 bits per heavy atom. The molecule has 0 radical (unpaired) electrons. The predicted molar refractivity (Wildman–Crippen MR) is 137 cm³/mol. The first kappa shape index (κ1) is 24.8. The molecule has 1 heterocycles. The van der Waals surface area contributed by atoms with Gasteiger partial charge in [0.15, 0.2) is 6.10 Å². The van der Waals surface area contributed by atoms with Gasteiger partial charge in [0.2, 0.25) is 0 Å². The average molecular weight is 524 g/mol. The Balaban J connectivity index is 1.39. The maximum Gasteiger partial charge on any atom is 0.355 e. The second-order valence-corrected chi connectivity index (χ2v) is 8.84. The molecule has 3 aromatic carbocycles. The lowest BCUT2D eigenvalue weighted by atomic mass is 10.2. The fourth-order valence-electron chi connectivity index (χ4n) is 3.13. The van der Waals surface area contributed by atoms with Crippen LogP contribution in [0, 0.1) is 10.1 Å². The monoisotopic (exact) mass is 523 g/mol. The van der Waals surface area contributed by atoms with E-state index in [4.69, 9.17) is 21.1 Å². The molecule has 0 fully saturated rings. The van der Waals surface area contributed by atoms with Gasteiger partial charge < -0.3 is 9.47 Å². The van der Waals surface area contributed by atoms with Gasteiger partial charge >= 0.3 is 5.97 Å². The van der Waals surface area contributed by atoms with E-state index in [0.717, 1.165) is 10.1 Å². The number of hydrazone groups is 1. The summed E-state index contributed by atoms with van der Waals surface area (Å²) in [6, 6.07) is 19.5. The number of nitrogens with zero attached hydrogens (tertiary/aromatic N) is 2. The predicted octanol–water partition coefficient (Wildman–Crippen LogP) is 5.60. The first-order valence-electron chi connectivity index (χ1n) is 10.6. The lowest BCUT2D eigenvalue weighted by Gasteiger charge is -2.12. The van der Waals surface area contributed by atoms with E-state index in [9.17, 15) is 19.7 Å². The van der Waals surface area contributed by atoms with Gasteiger partial charge in [0.25, 0.3) is 11.6 Å². The van der Waals surface area contributed by atoms with Crippen molar-refractivity contribution in [3.63, 3.8) is 0 Å². The molecule has 0 spiro atoms. The van der Waals surface area contributed by atoms with Crippen LogP contribution in [0.2, 0.25) is 5.02 Å². The van der Waals surface area contributed by atoms with Crippen molar-refractivity contribution in [2.75, 3.05) is 0 Å². The maximum atomic E-state index is 12.8. The van der Waals surface area contributed by atoms with Crippen molar-refractivity contribution in [3.05, 3.63) is 98.4 Å². The number of halogens is 1. The van der Waals surface area contributed by atoms with E-state index in [0.29, 0.717) is 16.3 Å². The van der Waals surface area contributed by atoms with Gasteiger partial charge in [0.05, 0.1) is 16.2 Å². The number of benzene rings is 3. The number of thiophene rings is 1. The van der Waals surface area contributed by atoms with Gasteiger partial charge in [-0.25, -0.2) is 10.2 Å². The van der Waals surface area contributed by atoms with Gasteiger partial charge in [0, 0.05) is 27.8 Å². The molecular weight excluding hydrogens is 506 g/mol. The Kier molecular flexibility index (Phi) is 7.57. The van der Waals surface area contributed by atoms with Gasteiger partial charge in [0.1, 0.15) is 16.4 Å². The Hall–Kier alpha value is -4.28. The molecule has 0 aliphatic rings. The summed E-state index contributed by atoms with van der Waals surface area (Å²) in [6.07, 6.45) is 0.415. The third-order valence-corrected chi connectivity index (χ3v) is 6.61. The summed E-state index contributed by atoms with van der Waals surface area (Å²) in [5, 5.41) is 15.8. The van der Waals surface area contributed by atoms with Crippen LogP contribution in [0.4, 0.5) is 5.69 Å². The number of hydrogen-bond donors (Lipinski definition) is 1. The minimum atomic E-state index is -0.924. The lowest BCUT2D eigenvalue weighted by Crippen LogP contribution is -2.33. The number of rotatable bonds is 8. The molecule has 1 atom stereocenters. The number of nitro benzene ring substituents is 1. The van der Waals surface area contributed by atoms with E-state index in [1.54, 1.807) is 24.3 Å². The molecule has 0 saturated carbocycles. The molecular formula is C25H18ClN3O6S. The van der Waals surface area contributed by atoms with Crippen LogP contribution < -0.4 is 14.9 Å². The van der Waals surface area contributed by atoms with Crippen LogP contribution in [0.25, 0.3) is 10.1 Å². The highest BCUT2D eigenvalue weighted by Gasteiger charge is 2.20. The molecule has 1 amide bonds. The molecule has 0 aliphatic heterocycles. The molecule has 0 saturated heterocycles. The summed E-state index contributed by atoms with van der Waals surface area (Å²) < 4.78 is 11.9. The number of carbonyl (C=O) groups is 2. The Morgan fingerprint density at radius 1 is 1.08 bits per heavy atom. The second kappa shape index (κ2) is 11.0. The number of esters is 1. The van der Waals surface area contributed by atoms with Crippen molar-refractivity contribution in [1.82, 2.24) is 5.43 Å². The zero-order valence-corrected chi connectivity index (χ0v) is 20.3. The van der Waals surface area contributed by atoms with Crippen molar-refractivity contribution in [2.45, 2.75) is 13.0 Å². The van der Waals surface area contributed by atoms with Crippen LogP contribution in [0.3, 0.4) is 0 Å². The number of fused-ring (bicyclic) bond motifs is 1. The van der Waals surface area contributed by atoms with E-state index in [-0.39, 0.29) is 16.3 Å². The first-order valence-corrected chi connectivity index (χ1v) is 11.7. The highest BCUT2D eigenvalue weighted by Crippen LogP contribution is 2.36.